The number of aliphatic hydroxyl groups is 1. The number of methoxy groups -OCH3 is 4. The van der Waals surface area contributed by atoms with Crippen LogP contribution in [0.3, 0.4) is 0 Å². The van der Waals surface area contributed by atoms with Crippen molar-refractivity contribution >= 4 is 5.91 Å². The first-order chi connectivity index (χ1) is 14.5. The molecule has 0 radical (unpaired) electrons. The van der Waals surface area contributed by atoms with E-state index in [2.05, 4.69) is 0 Å². The lowest BCUT2D eigenvalue weighted by Crippen LogP contribution is -2.51. The lowest BCUT2D eigenvalue weighted by molar-refractivity contribution is -0.0200. The Balaban J connectivity index is 1.67. The van der Waals surface area contributed by atoms with Crippen LogP contribution in [0.2, 0.25) is 0 Å². The molecule has 8 nitrogen and oxygen atoms in total. The molecule has 0 aliphatic carbocycles. The molecule has 1 N–H and O–H groups in total. The number of carbonyl (C=O) groups is 1. The van der Waals surface area contributed by atoms with Crippen molar-refractivity contribution in [3.8, 4) is 28.7 Å². The van der Waals surface area contributed by atoms with Crippen LogP contribution < -0.4 is 23.7 Å². The number of benzene rings is 2. The average Bonchev–Trinajstić information content (AvgIpc) is 2.79. The molecule has 30 heavy (non-hydrogen) atoms. The fourth-order valence-electron chi connectivity index (χ4n) is 3.44. The molecule has 1 amide bonds. The maximum atomic E-state index is 13.0. The molecule has 0 spiro atoms. The van der Waals surface area contributed by atoms with Gasteiger partial charge in [-0.05, 0) is 24.3 Å². The van der Waals surface area contributed by atoms with Gasteiger partial charge in [-0.3, -0.25) is 4.79 Å². The van der Waals surface area contributed by atoms with Gasteiger partial charge in [0.1, 0.15) is 29.5 Å². The Hall–Kier alpha value is -3.13. The highest BCUT2D eigenvalue weighted by Crippen LogP contribution is 2.32. The third-order valence-electron chi connectivity index (χ3n) is 5.09. The molecule has 2 aromatic rings. The molecule has 1 saturated heterocycles. The van der Waals surface area contributed by atoms with Gasteiger partial charge in [0.2, 0.25) is 0 Å². The van der Waals surface area contributed by atoms with Crippen LogP contribution in [0.25, 0.3) is 0 Å². The second-order valence-electron chi connectivity index (χ2n) is 6.85. The van der Waals surface area contributed by atoms with Crippen molar-refractivity contribution in [1.29, 1.82) is 0 Å². The van der Waals surface area contributed by atoms with Crippen LogP contribution in [0.15, 0.2) is 36.4 Å². The Kier molecular flexibility index (Phi) is 6.89. The molecule has 3 rings (SSSR count). The molecule has 1 aliphatic rings. The number of carbonyl (C=O) groups excluding carboxylic acids is 1. The number of hydrogen-bond donors (Lipinski definition) is 1. The molecule has 162 valence electrons. The number of piperidine rings is 1. The van der Waals surface area contributed by atoms with Crippen LogP contribution in [-0.4, -0.2) is 69.7 Å². The Morgan fingerprint density at radius 3 is 2.20 bits per heavy atom. The van der Waals surface area contributed by atoms with Crippen molar-refractivity contribution in [1.82, 2.24) is 4.90 Å². The quantitative estimate of drug-likeness (QED) is 0.740. The number of β-amino-alcohol motifs (C(OH)–C–C–N with tert-alkyl or cyclic N) is 1. The highest BCUT2D eigenvalue weighted by atomic mass is 16.5. The Morgan fingerprint density at radius 1 is 0.900 bits per heavy atom. The minimum atomic E-state index is -0.833. The smallest absolute Gasteiger partial charge is 0.257 e. The van der Waals surface area contributed by atoms with Crippen LogP contribution in [0, 0.1) is 0 Å². The van der Waals surface area contributed by atoms with Crippen molar-refractivity contribution in [3.63, 3.8) is 0 Å². The number of hydrogen-bond acceptors (Lipinski definition) is 7. The highest BCUT2D eigenvalue weighted by molar-refractivity contribution is 5.97. The van der Waals surface area contributed by atoms with Gasteiger partial charge in [-0.1, -0.05) is 0 Å². The van der Waals surface area contributed by atoms with Gasteiger partial charge >= 0.3 is 0 Å². The standard InChI is InChI=1S/C22H27NO7/c1-26-14-5-7-16(20(11-14)28-3)22(25)23-10-9-18(17(24)13-23)30-15-6-8-19(27-2)21(12-15)29-4/h5-8,11-12,17-18,24H,9-10,13H2,1-4H3/t17-,18-/m1/s1. The monoisotopic (exact) mass is 417 g/mol. The zero-order chi connectivity index (χ0) is 21.7. The van der Waals surface area contributed by atoms with E-state index in [1.807, 2.05) is 0 Å². The Morgan fingerprint density at radius 2 is 1.57 bits per heavy atom. The molecule has 0 bridgehead atoms. The van der Waals surface area contributed by atoms with Gasteiger partial charge in [-0.2, -0.15) is 0 Å². The second-order valence-corrected chi connectivity index (χ2v) is 6.85. The molecule has 0 saturated carbocycles. The van der Waals surface area contributed by atoms with Gasteiger partial charge in [0.15, 0.2) is 11.5 Å². The predicted octanol–water partition coefficient (Wildman–Crippen LogP) is 2.38. The van der Waals surface area contributed by atoms with Crippen molar-refractivity contribution in [2.45, 2.75) is 18.6 Å². The summed E-state index contributed by atoms with van der Waals surface area (Å²) in [6.07, 6.45) is -0.787. The van der Waals surface area contributed by atoms with Crippen molar-refractivity contribution in [3.05, 3.63) is 42.0 Å². The molecule has 1 fully saturated rings. The summed E-state index contributed by atoms with van der Waals surface area (Å²) in [5.41, 5.74) is 0.421. The van der Waals surface area contributed by atoms with E-state index in [-0.39, 0.29) is 12.5 Å². The van der Waals surface area contributed by atoms with E-state index in [4.69, 9.17) is 23.7 Å². The lowest BCUT2D eigenvalue weighted by atomic mass is 10.0. The molecular weight excluding hydrogens is 390 g/mol. The molecular formula is C22H27NO7. The van der Waals surface area contributed by atoms with Gasteiger partial charge in [0, 0.05) is 25.1 Å². The lowest BCUT2D eigenvalue weighted by Gasteiger charge is -2.36. The van der Waals surface area contributed by atoms with Crippen molar-refractivity contribution < 1.29 is 33.6 Å². The van der Waals surface area contributed by atoms with Crippen molar-refractivity contribution in [2.75, 3.05) is 41.5 Å². The molecule has 0 unspecified atom stereocenters. The van der Waals surface area contributed by atoms with Gasteiger partial charge < -0.3 is 33.7 Å². The zero-order valence-corrected chi connectivity index (χ0v) is 17.6. The number of likely N-dealkylation sites (tertiary alicyclic amines) is 1. The second kappa shape index (κ2) is 9.58. The summed E-state index contributed by atoms with van der Waals surface area (Å²) >= 11 is 0. The Labute approximate surface area is 175 Å². The van der Waals surface area contributed by atoms with Gasteiger partial charge in [0.25, 0.3) is 5.91 Å². The molecule has 0 aromatic heterocycles. The average molecular weight is 417 g/mol. The maximum absolute atomic E-state index is 13.0. The van der Waals surface area contributed by atoms with E-state index in [1.54, 1.807) is 62.6 Å². The van der Waals surface area contributed by atoms with E-state index >= 15 is 0 Å². The first-order valence-corrected chi connectivity index (χ1v) is 9.58. The van der Waals surface area contributed by atoms with Crippen LogP contribution in [0.5, 0.6) is 28.7 Å². The molecule has 2 aromatic carbocycles. The summed E-state index contributed by atoms with van der Waals surface area (Å²) in [5, 5.41) is 10.6. The van der Waals surface area contributed by atoms with Gasteiger partial charge in [0.05, 0.1) is 40.5 Å². The SMILES string of the molecule is COc1ccc(C(=O)N2CC[C@@H](Oc3ccc(OC)c(OC)c3)[C@H](O)C2)c(OC)c1. The summed E-state index contributed by atoms with van der Waals surface area (Å²) in [4.78, 5) is 14.6. The van der Waals surface area contributed by atoms with Crippen LogP contribution in [0.4, 0.5) is 0 Å². The third-order valence-corrected chi connectivity index (χ3v) is 5.09. The normalized spacial score (nSPS) is 18.5. The minimum Gasteiger partial charge on any atom is -0.497 e. The largest absolute Gasteiger partial charge is 0.497 e. The van der Waals surface area contributed by atoms with Crippen LogP contribution >= 0.6 is 0 Å². The topological polar surface area (TPSA) is 86.7 Å². The summed E-state index contributed by atoms with van der Waals surface area (Å²) < 4.78 is 27.0. The molecule has 2 atom stereocenters. The van der Waals surface area contributed by atoms with Crippen molar-refractivity contribution in [2.24, 2.45) is 0 Å². The summed E-state index contributed by atoms with van der Waals surface area (Å²) in [6.45, 7) is 0.606. The van der Waals surface area contributed by atoms with Gasteiger partial charge in [-0.25, -0.2) is 0 Å². The maximum Gasteiger partial charge on any atom is 0.257 e. The van der Waals surface area contributed by atoms with Crippen LogP contribution in [-0.2, 0) is 0 Å². The first kappa shape index (κ1) is 21.6. The zero-order valence-electron chi connectivity index (χ0n) is 17.6. The van der Waals surface area contributed by atoms with E-state index in [0.717, 1.165) is 0 Å². The fraction of sp³-hybridized carbons (Fsp3) is 0.409. The molecule has 8 heteroatoms. The minimum absolute atomic E-state index is 0.159. The third kappa shape index (κ3) is 4.54. The summed E-state index contributed by atoms with van der Waals surface area (Å²) in [5.74, 6) is 2.53. The highest BCUT2D eigenvalue weighted by Gasteiger charge is 2.33. The number of aliphatic hydroxyl groups excluding tert-OH is 1. The number of nitrogens with zero attached hydrogens (tertiary/aromatic N) is 1. The molecule has 1 heterocycles. The Bertz CT molecular complexity index is 886. The first-order valence-electron chi connectivity index (χ1n) is 9.58. The number of rotatable bonds is 7. The molecule has 1 aliphatic heterocycles. The summed E-state index contributed by atoms with van der Waals surface area (Å²) in [6, 6.07) is 10.3. The fourth-order valence-corrected chi connectivity index (χ4v) is 3.44. The number of ether oxygens (including phenoxy) is 5. The number of amides is 1. The van der Waals surface area contributed by atoms with Crippen LogP contribution in [0.1, 0.15) is 16.8 Å². The summed E-state index contributed by atoms with van der Waals surface area (Å²) in [7, 11) is 6.17. The predicted molar refractivity (Wildman–Crippen MR) is 110 cm³/mol. The van der Waals surface area contributed by atoms with E-state index in [1.165, 1.54) is 7.11 Å². The van der Waals surface area contributed by atoms with E-state index in [9.17, 15) is 9.90 Å². The van der Waals surface area contributed by atoms with E-state index < -0.39 is 12.2 Å². The van der Waals surface area contributed by atoms with Gasteiger partial charge in [-0.15, -0.1) is 0 Å². The van der Waals surface area contributed by atoms with E-state index in [0.29, 0.717) is 47.3 Å².